The highest BCUT2D eigenvalue weighted by Gasteiger charge is 2.41. The van der Waals surface area contributed by atoms with Crippen molar-refractivity contribution in [1.82, 2.24) is 4.31 Å². The van der Waals surface area contributed by atoms with Gasteiger partial charge < -0.3 is 5.73 Å². The Bertz CT molecular complexity index is 316. The fraction of sp³-hybridized carbons (Fsp3) is 1.00. The van der Waals surface area contributed by atoms with Crippen molar-refractivity contribution in [3.05, 3.63) is 0 Å². The van der Waals surface area contributed by atoms with E-state index in [1.807, 2.05) is 0 Å². The number of rotatable bonds is 3. The second-order valence-electron chi connectivity index (χ2n) is 4.83. The summed E-state index contributed by atoms with van der Waals surface area (Å²) in [4.78, 5) is 0. The van der Waals surface area contributed by atoms with Crippen LogP contribution in [0.1, 0.15) is 38.5 Å². The molecule has 2 saturated carbocycles. The third-order valence-electron chi connectivity index (χ3n) is 3.60. The molecular formula is C10H20N2O2S. The SMILES string of the molecule is CN(C1CCC(N)CC1)S(=O)(=O)C1CC1. The van der Waals surface area contributed by atoms with Crippen molar-refractivity contribution in [2.45, 2.75) is 55.9 Å². The van der Waals surface area contributed by atoms with E-state index in [1.165, 1.54) is 0 Å². The molecule has 0 aliphatic heterocycles. The molecule has 2 aliphatic carbocycles. The van der Waals surface area contributed by atoms with Crippen molar-refractivity contribution in [1.29, 1.82) is 0 Å². The molecule has 15 heavy (non-hydrogen) atoms. The largest absolute Gasteiger partial charge is 0.328 e. The Kier molecular flexibility index (Phi) is 3.05. The van der Waals surface area contributed by atoms with Gasteiger partial charge in [-0.15, -0.1) is 0 Å². The van der Waals surface area contributed by atoms with E-state index in [0.29, 0.717) is 0 Å². The predicted octanol–water partition coefficient (Wildman–Crippen LogP) is 0.680. The Balaban J connectivity index is 1.98. The highest BCUT2D eigenvalue weighted by atomic mass is 32.2. The molecule has 0 aromatic rings. The van der Waals surface area contributed by atoms with Crippen LogP contribution in [0, 0.1) is 0 Å². The maximum absolute atomic E-state index is 12.0. The third-order valence-corrected chi connectivity index (χ3v) is 6.02. The lowest BCUT2D eigenvalue weighted by molar-refractivity contribution is 0.268. The highest BCUT2D eigenvalue weighted by Crippen LogP contribution is 2.33. The monoisotopic (exact) mass is 232 g/mol. The summed E-state index contributed by atoms with van der Waals surface area (Å²) in [6, 6.07) is 0.466. The van der Waals surface area contributed by atoms with Crippen molar-refractivity contribution in [3.8, 4) is 0 Å². The second kappa shape index (κ2) is 4.03. The van der Waals surface area contributed by atoms with Crippen LogP contribution in [0.25, 0.3) is 0 Å². The third kappa shape index (κ3) is 2.34. The van der Waals surface area contributed by atoms with Gasteiger partial charge in [-0.1, -0.05) is 0 Å². The number of hydrogen-bond acceptors (Lipinski definition) is 3. The minimum atomic E-state index is -2.99. The zero-order chi connectivity index (χ0) is 11.1. The molecule has 2 aliphatic rings. The zero-order valence-electron chi connectivity index (χ0n) is 9.22. The average molecular weight is 232 g/mol. The lowest BCUT2D eigenvalue weighted by Crippen LogP contribution is -2.43. The average Bonchev–Trinajstić information content (AvgIpc) is 3.01. The minimum absolute atomic E-state index is 0.0851. The first-order chi connectivity index (χ1) is 7.01. The lowest BCUT2D eigenvalue weighted by Gasteiger charge is -2.32. The maximum atomic E-state index is 12.0. The standard InChI is InChI=1S/C10H20N2O2S/c1-12(15(13,14)10-6-7-10)9-4-2-8(11)3-5-9/h8-10H,2-7,11H2,1H3. The molecule has 0 heterocycles. The summed E-state index contributed by atoms with van der Waals surface area (Å²) < 4.78 is 25.5. The van der Waals surface area contributed by atoms with Gasteiger partial charge in [-0.05, 0) is 38.5 Å². The van der Waals surface area contributed by atoms with Gasteiger partial charge in [-0.2, -0.15) is 0 Å². The molecule has 88 valence electrons. The molecule has 4 nitrogen and oxygen atoms in total. The number of nitrogens with two attached hydrogens (primary N) is 1. The Labute approximate surface area is 91.9 Å². The van der Waals surface area contributed by atoms with Crippen LogP contribution in [0.4, 0.5) is 0 Å². The molecule has 0 aromatic carbocycles. The van der Waals surface area contributed by atoms with E-state index in [1.54, 1.807) is 11.4 Å². The first-order valence-electron chi connectivity index (χ1n) is 5.74. The van der Waals surface area contributed by atoms with E-state index in [2.05, 4.69) is 0 Å². The van der Waals surface area contributed by atoms with Crippen LogP contribution >= 0.6 is 0 Å². The van der Waals surface area contributed by atoms with Gasteiger partial charge in [0, 0.05) is 19.1 Å². The molecule has 0 radical (unpaired) electrons. The first-order valence-corrected chi connectivity index (χ1v) is 7.24. The number of nitrogens with zero attached hydrogens (tertiary/aromatic N) is 1. The van der Waals surface area contributed by atoms with Crippen molar-refractivity contribution in [2.75, 3.05) is 7.05 Å². The maximum Gasteiger partial charge on any atom is 0.216 e. The van der Waals surface area contributed by atoms with E-state index < -0.39 is 10.0 Å². The minimum Gasteiger partial charge on any atom is -0.328 e. The van der Waals surface area contributed by atoms with E-state index >= 15 is 0 Å². The van der Waals surface area contributed by atoms with E-state index in [4.69, 9.17) is 5.73 Å². The summed E-state index contributed by atoms with van der Waals surface area (Å²) in [5, 5.41) is -0.0851. The second-order valence-corrected chi connectivity index (χ2v) is 7.10. The molecule has 2 fully saturated rings. The topological polar surface area (TPSA) is 63.4 Å². The number of sulfonamides is 1. The van der Waals surface area contributed by atoms with Gasteiger partial charge in [0.25, 0.3) is 0 Å². The Morgan fingerprint density at radius 2 is 1.60 bits per heavy atom. The van der Waals surface area contributed by atoms with Crippen molar-refractivity contribution >= 4 is 10.0 Å². The van der Waals surface area contributed by atoms with Crippen LogP contribution < -0.4 is 5.73 Å². The molecule has 0 spiro atoms. The van der Waals surface area contributed by atoms with E-state index in [0.717, 1.165) is 38.5 Å². The molecule has 0 bridgehead atoms. The quantitative estimate of drug-likeness (QED) is 0.778. The number of hydrogen-bond donors (Lipinski definition) is 1. The molecule has 2 rings (SSSR count). The first kappa shape index (κ1) is 11.4. The van der Waals surface area contributed by atoms with Crippen molar-refractivity contribution in [2.24, 2.45) is 5.73 Å². The Hall–Kier alpha value is -0.130. The summed E-state index contributed by atoms with van der Waals surface area (Å²) in [5.41, 5.74) is 5.81. The zero-order valence-corrected chi connectivity index (χ0v) is 10.0. The van der Waals surface area contributed by atoms with Crippen LogP contribution in [0.3, 0.4) is 0 Å². The molecular weight excluding hydrogens is 212 g/mol. The van der Waals surface area contributed by atoms with E-state index in [-0.39, 0.29) is 17.3 Å². The van der Waals surface area contributed by atoms with Crippen LogP contribution in [-0.4, -0.2) is 37.1 Å². The summed E-state index contributed by atoms with van der Waals surface area (Å²) in [5.74, 6) is 0. The Morgan fingerprint density at radius 3 is 2.07 bits per heavy atom. The lowest BCUT2D eigenvalue weighted by atomic mass is 9.92. The van der Waals surface area contributed by atoms with Gasteiger partial charge in [0.05, 0.1) is 5.25 Å². The molecule has 0 atom stereocenters. The van der Waals surface area contributed by atoms with Gasteiger partial charge in [0.1, 0.15) is 0 Å². The van der Waals surface area contributed by atoms with Gasteiger partial charge in [0.15, 0.2) is 0 Å². The molecule has 0 unspecified atom stereocenters. The molecule has 0 amide bonds. The van der Waals surface area contributed by atoms with Crippen LogP contribution in [0.15, 0.2) is 0 Å². The molecule has 0 saturated heterocycles. The molecule has 5 heteroatoms. The van der Waals surface area contributed by atoms with Crippen molar-refractivity contribution in [3.63, 3.8) is 0 Å². The van der Waals surface area contributed by atoms with Gasteiger partial charge >= 0.3 is 0 Å². The van der Waals surface area contributed by atoms with Crippen LogP contribution in [0.5, 0.6) is 0 Å². The fourth-order valence-corrected chi connectivity index (χ4v) is 4.10. The Morgan fingerprint density at radius 1 is 1.07 bits per heavy atom. The normalized spacial score (nSPS) is 33.3. The molecule has 2 N–H and O–H groups in total. The van der Waals surface area contributed by atoms with Crippen LogP contribution in [0.2, 0.25) is 0 Å². The predicted molar refractivity (Wildman–Crippen MR) is 59.9 cm³/mol. The van der Waals surface area contributed by atoms with Crippen LogP contribution in [-0.2, 0) is 10.0 Å². The van der Waals surface area contributed by atoms with E-state index in [9.17, 15) is 8.42 Å². The fourth-order valence-electron chi connectivity index (χ4n) is 2.27. The smallest absolute Gasteiger partial charge is 0.216 e. The van der Waals surface area contributed by atoms with Gasteiger partial charge in [0.2, 0.25) is 10.0 Å². The summed E-state index contributed by atoms with van der Waals surface area (Å²) in [7, 11) is -1.26. The molecule has 0 aromatic heterocycles. The summed E-state index contributed by atoms with van der Waals surface area (Å²) in [6.45, 7) is 0. The summed E-state index contributed by atoms with van der Waals surface area (Å²) >= 11 is 0. The summed E-state index contributed by atoms with van der Waals surface area (Å²) in [6.07, 6.45) is 5.44. The highest BCUT2D eigenvalue weighted by molar-refractivity contribution is 7.90. The van der Waals surface area contributed by atoms with Gasteiger partial charge in [-0.3, -0.25) is 0 Å². The van der Waals surface area contributed by atoms with Crippen molar-refractivity contribution < 1.29 is 8.42 Å². The van der Waals surface area contributed by atoms with Gasteiger partial charge in [-0.25, -0.2) is 12.7 Å².